The molecule has 18 heavy (non-hydrogen) atoms. The van der Waals surface area contributed by atoms with E-state index in [9.17, 15) is 9.59 Å². The monoisotopic (exact) mass is 258 g/mol. The van der Waals surface area contributed by atoms with Crippen LogP contribution in [0.5, 0.6) is 0 Å². The summed E-state index contributed by atoms with van der Waals surface area (Å²) in [5.74, 6) is 0. The number of carbonyl (C=O) groups excluding carboxylic acids is 2. The molecule has 0 saturated carbocycles. The Morgan fingerprint density at radius 3 is 2.28 bits per heavy atom. The number of alkyl carbamates (subject to hydrolysis) is 1. The lowest BCUT2D eigenvalue weighted by Gasteiger charge is -2.38. The maximum atomic E-state index is 11.6. The van der Waals surface area contributed by atoms with E-state index in [1.807, 2.05) is 34.6 Å². The third kappa shape index (κ3) is 4.81. The first-order chi connectivity index (χ1) is 8.17. The van der Waals surface area contributed by atoms with Crippen LogP contribution in [0.15, 0.2) is 0 Å². The van der Waals surface area contributed by atoms with Gasteiger partial charge in [0.05, 0.1) is 13.1 Å². The Labute approximate surface area is 108 Å². The van der Waals surface area contributed by atoms with Gasteiger partial charge in [-0.15, -0.1) is 0 Å². The molecule has 0 aliphatic carbocycles. The summed E-state index contributed by atoms with van der Waals surface area (Å²) in [6.07, 6.45) is -1.05. The maximum Gasteiger partial charge on any atom is 0.410 e. The van der Waals surface area contributed by atoms with E-state index in [0.29, 0.717) is 13.1 Å². The van der Waals surface area contributed by atoms with Gasteiger partial charge in [0, 0.05) is 6.04 Å². The molecule has 0 aromatic heterocycles. The SMILES string of the molecule is CC(C)NC(=O)OC1CN(C(=O)OC(C)(C)C)C1. The first-order valence-corrected chi connectivity index (χ1v) is 6.12. The Bertz CT molecular complexity index is 317. The van der Waals surface area contributed by atoms with Gasteiger partial charge in [0.2, 0.25) is 0 Å². The van der Waals surface area contributed by atoms with E-state index in [0.717, 1.165) is 0 Å². The van der Waals surface area contributed by atoms with Crippen LogP contribution in [0.25, 0.3) is 0 Å². The summed E-state index contributed by atoms with van der Waals surface area (Å²) in [5.41, 5.74) is -0.502. The number of carbonyl (C=O) groups is 2. The number of nitrogens with one attached hydrogen (secondary N) is 1. The molecule has 1 rings (SSSR count). The summed E-state index contributed by atoms with van der Waals surface area (Å²) in [4.78, 5) is 24.4. The Kier molecular flexibility index (Phi) is 4.43. The predicted molar refractivity (Wildman–Crippen MR) is 66.3 cm³/mol. The Morgan fingerprint density at radius 2 is 1.83 bits per heavy atom. The molecule has 1 saturated heterocycles. The van der Waals surface area contributed by atoms with Crippen molar-refractivity contribution in [2.75, 3.05) is 13.1 Å². The fourth-order valence-corrected chi connectivity index (χ4v) is 1.41. The zero-order valence-electron chi connectivity index (χ0n) is 11.6. The second-order valence-electron chi connectivity index (χ2n) is 5.71. The van der Waals surface area contributed by atoms with E-state index in [1.165, 1.54) is 4.90 Å². The van der Waals surface area contributed by atoms with E-state index in [4.69, 9.17) is 9.47 Å². The van der Waals surface area contributed by atoms with Gasteiger partial charge < -0.3 is 19.7 Å². The summed E-state index contributed by atoms with van der Waals surface area (Å²) < 4.78 is 10.3. The van der Waals surface area contributed by atoms with Crippen LogP contribution in [0.1, 0.15) is 34.6 Å². The smallest absolute Gasteiger partial charge is 0.410 e. The molecule has 0 atom stereocenters. The number of hydrogen-bond acceptors (Lipinski definition) is 4. The lowest BCUT2D eigenvalue weighted by molar-refractivity contribution is -0.0368. The zero-order chi connectivity index (χ0) is 13.9. The van der Waals surface area contributed by atoms with Gasteiger partial charge in [-0.1, -0.05) is 0 Å². The standard InChI is InChI=1S/C12H22N2O4/c1-8(2)13-10(15)17-9-6-14(7-9)11(16)18-12(3,4)5/h8-9H,6-7H2,1-5H3,(H,13,15). The van der Waals surface area contributed by atoms with Gasteiger partial charge in [0.15, 0.2) is 0 Å². The lowest BCUT2D eigenvalue weighted by Crippen LogP contribution is -2.57. The number of nitrogens with zero attached hydrogens (tertiary/aromatic N) is 1. The van der Waals surface area contributed by atoms with Gasteiger partial charge in [-0.3, -0.25) is 0 Å². The highest BCUT2D eigenvalue weighted by atomic mass is 16.6. The zero-order valence-corrected chi connectivity index (χ0v) is 11.6. The molecule has 0 aromatic rings. The number of rotatable bonds is 2. The molecule has 0 aromatic carbocycles. The van der Waals surface area contributed by atoms with Gasteiger partial charge in [0.1, 0.15) is 11.7 Å². The molecule has 0 spiro atoms. The summed E-state index contributed by atoms with van der Waals surface area (Å²) in [6.45, 7) is 9.93. The van der Waals surface area contributed by atoms with Crippen molar-refractivity contribution in [1.29, 1.82) is 0 Å². The normalized spacial score (nSPS) is 16.2. The molecule has 1 N–H and O–H groups in total. The molecule has 0 radical (unpaired) electrons. The van der Waals surface area contributed by atoms with Crippen LogP contribution in [0.3, 0.4) is 0 Å². The molecule has 104 valence electrons. The largest absolute Gasteiger partial charge is 0.444 e. The summed E-state index contributed by atoms with van der Waals surface area (Å²) in [5, 5.41) is 2.63. The molecular weight excluding hydrogens is 236 g/mol. The highest BCUT2D eigenvalue weighted by molar-refractivity contribution is 5.70. The quantitative estimate of drug-likeness (QED) is 0.819. The Morgan fingerprint density at radius 1 is 1.28 bits per heavy atom. The molecule has 0 bridgehead atoms. The topological polar surface area (TPSA) is 67.9 Å². The van der Waals surface area contributed by atoms with E-state index >= 15 is 0 Å². The Balaban J connectivity index is 2.24. The molecule has 6 heteroatoms. The first kappa shape index (κ1) is 14.6. The minimum absolute atomic E-state index is 0.0412. The minimum Gasteiger partial charge on any atom is -0.444 e. The van der Waals surface area contributed by atoms with Gasteiger partial charge in [-0.2, -0.15) is 0 Å². The van der Waals surface area contributed by atoms with Crippen LogP contribution < -0.4 is 5.32 Å². The minimum atomic E-state index is -0.502. The van der Waals surface area contributed by atoms with Crippen LogP contribution in [0.2, 0.25) is 0 Å². The molecular formula is C12H22N2O4. The second-order valence-corrected chi connectivity index (χ2v) is 5.71. The van der Waals surface area contributed by atoms with E-state index in [1.54, 1.807) is 0 Å². The molecule has 0 unspecified atom stereocenters. The molecule has 1 aliphatic heterocycles. The molecule has 2 amide bonds. The molecule has 6 nitrogen and oxygen atoms in total. The number of hydrogen-bond donors (Lipinski definition) is 1. The van der Waals surface area contributed by atoms with Crippen molar-refractivity contribution in [1.82, 2.24) is 10.2 Å². The van der Waals surface area contributed by atoms with Crippen molar-refractivity contribution < 1.29 is 19.1 Å². The third-order valence-corrected chi connectivity index (χ3v) is 2.18. The fraction of sp³-hybridized carbons (Fsp3) is 0.833. The van der Waals surface area contributed by atoms with Gasteiger partial charge in [0.25, 0.3) is 0 Å². The van der Waals surface area contributed by atoms with Crippen LogP contribution in [-0.4, -0.2) is 47.9 Å². The highest BCUT2D eigenvalue weighted by Gasteiger charge is 2.36. The van der Waals surface area contributed by atoms with Crippen molar-refractivity contribution in [2.45, 2.75) is 52.4 Å². The number of amides is 2. The maximum absolute atomic E-state index is 11.6. The Hall–Kier alpha value is -1.46. The van der Waals surface area contributed by atoms with Crippen molar-refractivity contribution >= 4 is 12.2 Å². The van der Waals surface area contributed by atoms with E-state index in [-0.39, 0.29) is 18.2 Å². The number of likely N-dealkylation sites (tertiary alicyclic amines) is 1. The molecule has 1 fully saturated rings. The second kappa shape index (κ2) is 5.46. The van der Waals surface area contributed by atoms with Gasteiger partial charge in [-0.25, -0.2) is 9.59 Å². The van der Waals surface area contributed by atoms with Crippen molar-refractivity contribution in [3.8, 4) is 0 Å². The summed E-state index contributed by atoms with van der Waals surface area (Å²) >= 11 is 0. The highest BCUT2D eigenvalue weighted by Crippen LogP contribution is 2.17. The summed E-state index contributed by atoms with van der Waals surface area (Å²) in [6, 6.07) is 0.0412. The van der Waals surface area contributed by atoms with Crippen molar-refractivity contribution in [3.05, 3.63) is 0 Å². The van der Waals surface area contributed by atoms with Gasteiger partial charge >= 0.3 is 12.2 Å². The van der Waals surface area contributed by atoms with E-state index < -0.39 is 11.7 Å². The van der Waals surface area contributed by atoms with Crippen LogP contribution in [0, 0.1) is 0 Å². The van der Waals surface area contributed by atoms with Gasteiger partial charge in [-0.05, 0) is 34.6 Å². The van der Waals surface area contributed by atoms with Crippen molar-refractivity contribution in [3.63, 3.8) is 0 Å². The lowest BCUT2D eigenvalue weighted by atomic mass is 10.2. The molecule has 1 heterocycles. The average Bonchev–Trinajstić information content (AvgIpc) is 2.05. The first-order valence-electron chi connectivity index (χ1n) is 6.12. The van der Waals surface area contributed by atoms with E-state index in [2.05, 4.69) is 5.32 Å². The number of ether oxygens (including phenoxy) is 2. The summed E-state index contributed by atoms with van der Waals surface area (Å²) in [7, 11) is 0. The average molecular weight is 258 g/mol. The fourth-order valence-electron chi connectivity index (χ4n) is 1.41. The van der Waals surface area contributed by atoms with Crippen LogP contribution >= 0.6 is 0 Å². The van der Waals surface area contributed by atoms with Crippen molar-refractivity contribution in [2.24, 2.45) is 0 Å². The third-order valence-electron chi connectivity index (χ3n) is 2.18. The predicted octanol–water partition coefficient (Wildman–Crippen LogP) is 1.74. The van der Waals surface area contributed by atoms with Crippen LogP contribution in [-0.2, 0) is 9.47 Å². The van der Waals surface area contributed by atoms with Crippen LogP contribution in [0.4, 0.5) is 9.59 Å². The molecule has 1 aliphatic rings.